The Bertz CT molecular complexity index is 360. The van der Waals surface area contributed by atoms with Crippen LogP contribution < -0.4 is 16.4 Å². The summed E-state index contributed by atoms with van der Waals surface area (Å²) in [6, 6.07) is 9.47. The van der Waals surface area contributed by atoms with Crippen molar-refractivity contribution in [2.75, 3.05) is 0 Å². The molecule has 0 aliphatic rings. The Labute approximate surface area is 103 Å². The normalized spacial score (nSPS) is 12.9. The summed E-state index contributed by atoms with van der Waals surface area (Å²) in [6.45, 7) is 6.19. The lowest BCUT2D eigenvalue weighted by Crippen LogP contribution is -2.56. The maximum absolute atomic E-state index is 11.7. The molecular weight excluding hydrogens is 214 g/mol. The van der Waals surface area contributed by atoms with Crippen LogP contribution in [0.4, 0.5) is 4.79 Å². The number of nitrogens with one attached hydrogen (secondary N) is 2. The molecule has 0 spiro atoms. The average molecular weight is 235 g/mol. The first-order valence-corrected chi connectivity index (χ1v) is 5.77. The van der Waals surface area contributed by atoms with Crippen LogP contribution in [0.25, 0.3) is 0 Å². The van der Waals surface area contributed by atoms with Crippen LogP contribution in [0.5, 0.6) is 0 Å². The van der Waals surface area contributed by atoms with Crippen LogP contribution in [0, 0.1) is 0 Å². The molecule has 4 nitrogen and oxygen atoms in total. The Kier molecular flexibility index (Phi) is 4.52. The lowest BCUT2D eigenvalue weighted by atomic mass is 9.97. The highest BCUT2D eigenvalue weighted by Gasteiger charge is 2.24. The van der Waals surface area contributed by atoms with Gasteiger partial charge in [-0.3, -0.25) is 0 Å². The molecule has 0 aromatic heterocycles. The minimum absolute atomic E-state index is 0.107. The molecule has 0 fully saturated rings. The van der Waals surface area contributed by atoms with E-state index in [0.717, 1.165) is 5.56 Å². The van der Waals surface area contributed by atoms with Crippen molar-refractivity contribution in [3.05, 3.63) is 35.9 Å². The molecule has 17 heavy (non-hydrogen) atoms. The van der Waals surface area contributed by atoms with E-state index < -0.39 is 5.54 Å². The molecule has 0 aliphatic heterocycles. The van der Waals surface area contributed by atoms with Crippen LogP contribution in [0.2, 0.25) is 0 Å². The largest absolute Gasteiger partial charge is 0.334 e. The summed E-state index contributed by atoms with van der Waals surface area (Å²) in [4.78, 5) is 11.7. The number of amides is 2. The molecule has 94 valence electrons. The second-order valence-electron chi connectivity index (χ2n) is 4.80. The zero-order valence-electron chi connectivity index (χ0n) is 10.7. The van der Waals surface area contributed by atoms with Gasteiger partial charge in [0, 0.05) is 12.6 Å². The summed E-state index contributed by atoms with van der Waals surface area (Å²) in [5, 5.41) is 5.66. The van der Waals surface area contributed by atoms with E-state index in [9.17, 15) is 4.79 Å². The number of benzene rings is 1. The van der Waals surface area contributed by atoms with Gasteiger partial charge in [0.15, 0.2) is 0 Å². The number of hydrogen-bond donors (Lipinski definition) is 3. The van der Waals surface area contributed by atoms with E-state index in [1.165, 1.54) is 0 Å². The quantitative estimate of drug-likeness (QED) is 0.742. The highest BCUT2D eigenvalue weighted by molar-refractivity contribution is 5.74. The van der Waals surface area contributed by atoms with E-state index >= 15 is 0 Å². The van der Waals surface area contributed by atoms with Crippen molar-refractivity contribution < 1.29 is 4.79 Å². The highest BCUT2D eigenvalue weighted by Crippen LogP contribution is 2.05. The summed E-state index contributed by atoms with van der Waals surface area (Å²) in [5.74, 6) is 0. The van der Waals surface area contributed by atoms with Gasteiger partial charge < -0.3 is 16.4 Å². The van der Waals surface area contributed by atoms with Crippen molar-refractivity contribution in [1.29, 1.82) is 0 Å². The van der Waals surface area contributed by atoms with Crippen LogP contribution in [-0.4, -0.2) is 17.6 Å². The van der Waals surface area contributed by atoms with Gasteiger partial charge in [-0.05, 0) is 26.3 Å². The van der Waals surface area contributed by atoms with Gasteiger partial charge in [0.2, 0.25) is 0 Å². The molecule has 4 heteroatoms. The van der Waals surface area contributed by atoms with Gasteiger partial charge in [-0.2, -0.15) is 0 Å². The highest BCUT2D eigenvalue weighted by atomic mass is 16.2. The molecular formula is C13H21N3O. The zero-order valence-corrected chi connectivity index (χ0v) is 10.7. The third-order valence-electron chi connectivity index (χ3n) is 2.87. The lowest BCUT2D eigenvalue weighted by Gasteiger charge is -2.30. The van der Waals surface area contributed by atoms with Crippen LogP contribution in [0.15, 0.2) is 30.3 Å². The molecule has 0 heterocycles. The number of carbonyl (C=O) groups is 1. The molecule has 0 radical (unpaired) electrons. The van der Waals surface area contributed by atoms with Gasteiger partial charge in [-0.15, -0.1) is 0 Å². The van der Waals surface area contributed by atoms with Crippen LogP contribution in [0.3, 0.4) is 0 Å². The van der Waals surface area contributed by atoms with Crippen molar-refractivity contribution in [2.45, 2.75) is 38.9 Å². The fourth-order valence-electron chi connectivity index (χ4n) is 1.23. The van der Waals surface area contributed by atoms with E-state index in [4.69, 9.17) is 5.73 Å². The maximum atomic E-state index is 11.7. The Balaban J connectivity index is 2.41. The maximum Gasteiger partial charge on any atom is 0.315 e. The molecule has 1 aromatic rings. The molecule has 2 amide bonds. The summed E-state index contributed by atoms with van der Waals surface area (Å²) in [5.41, 5.74) is 6.44. The smallest absolute Gasteiger partial charge is 0.315 e. The van der Waals surface area contributed by atoms with E-state index in [0.29, 0.717) is 6.54 Å². The first kappa shape index (κ1) is 13.5. The first-order valence-electron chi connectivity index (χ1n) is 5.77. The second kappa shape index (κ2) is 5.68. The SMILES string of the molecule is CC(N)C(C)(C)NC(=O)NCc1ccccc1. The molecule has 1 unspecified atom stereocenters. The second-order valence-corrected chi connectivity index (χ2v) is 4.80. The minimum Gasteiger partial charge on any atom is -0.334 e. The number of urea groups is 1. The third-order valence-corrected chi connectivity index (χ3v) is 2.87. The van der Waals surface area contributed by atoms with Crippen LogP contribution in [-0.2, 0) is 6.54 Å². The van der Waals surface area contributed by atoms with Gasteiger partial charge in [-0.1, -0.05) is 30.3 Å². The van der Waals surface area contributed by atoms with Gasteiger partial charge in [-0.25, -0.2) is 4.79 Å². The van der Waals surface area contributed by atoms with Crippen LogP contribution >= 0.6 is 0 Å². The molecule has 0 saturated carbocycles. The standard InChI is InChI=1S/C13H21N3O/c1-10(14)13(2,3)16-12(17)15-9-11-7-5-4-6-8-11/h4-8,10H,9,14H2,1-3H3,(H2,15,16,17). The van der Waals surface area contributed by atoms with Gasteiger partial charge >= 0.3 is 6.03 Å². The van der Waals surface area contributed by atoms with Gasteiger partial charge in [0.05, 0.1) is 5.54 Å². The zero-order chi connectivity index (χ0) is 12.9. The van der Waals surface area contributed by atoms with Gasteiger partial charge in [0.25, 0.3) is 0 Å². The molecule has 0 bridgehead atoms. The molecule has 1 rings (SSSR count). The predicted molar refractivity (Wildman–Crippen MR) is 69.5 cm³/mol. The minimum atomic E-state index is -0.416. The molecule has 4 N–H and O–H groups in total. The Hall–Kier alpha value is -1.55. The van der Waals surface area contributed by atoms with E-state index in [1.807, 2.05) is 51.1 Å². The van der Waals surface area contributed by atoms with Crippen molar-refractivity contribution in [2.24, 2.45) is 5.73 Å². The first-order chi connectivity index (χ1) is 7.92. The van der Waals surface area contributed by atoms with Gasteiger partial charge in [0.1, 0.15) is 0 Å². The molecule has 0 aliphatic carbocycles. The third kappa shape index (κ3) is 4.44. The molecule has 1 aromatic carbocycles. The number of hydrogen-bond acceptors (Lipinski definition) is 2. The molecule has 1 atom stereocenters. The predicted octanol–water partition coefficient (Wildman–Crippen LogP) is 1.61. The Morgan fingerprint density at radius 1 is 1.35 bits per heavy atom. The van der Waals surface area contributed by atoms with Crippen molar-refractivity contribution in [3.8, 4) is 0 Å². The average Bonchev–Trinajstić information content (AvgIpc) is 2.27. The monoisotopic (exact) mass is 235 g/mol. The fourth-order valence-corrected chi connectivity index (χ4v) is 1.23. The number of carbonyl (C=O) groups excluding carboxylic acids is 1. The lowest BCUT2D eigenvalue weighted by molar-refractivity contribution is 0.224. The summed E-state index contributed by atoms with van der Waals surface area (Å²) in [7, 11) is 0. The van der Waals surface area contributed by atoms with Crippen LogP contribution in [0.1, 0.15) is 26.3 Å². The van der Waals surface area contributed by atoms with Crippen molar-refractivity contribution in [1.82, 2.24) is 10.6 Å². The van der Waals surface area contributed by atoms with E-state index in [-0.39, 0.29) is 12.1 Å². The van der Waals surface area contributed by atoms with Crippen molar-refractivity contribution >= 4 is 6.03 Å². The van der Waals surface area contributed by atoms with E-state index in [2.05, 4.69) is 10.6 Å². The number of rotatable bonds is 4. The summed E-state index contributed by atoms with van der Waals surface area (Å²) < 4.78 is 0. The molecule has 0 saturated heterocycles. The fraction of sp³-hybridized carbons (Fsp3) is 0.462. The summed E-state index contributed by atoms with van der Waals surface area (Å²) in [6.07, 6.45) is 0. The van der Waals surface area contributed by atoms with E-state index in [1.54, 1.807) is 0 Å². The van der Waals surface area contributed by atoms with Crippen molar-refractivity contribution in [3.63, 3.8) is 0 Å². The number of nitrogens with two attached hydrogens (primary N) is 1. The Morgan fingerprint density at radius 3 is 2.47 bits per heavy atom. The Morgan fingerprint density at radius 2 is 1.94 bits per heavy atom. The summed E-state index contributed by atoms with van der Waals surface area (Å²) >= 11 is 0. The topological polar surface area (TPSA) is 67.1 Å².